The number of phenols is 2. The number of aryl methyl sites for hydroxylation is 3. The standard InChI is InChI=1S/C21H21P.C14H14O2/c1-16-4-10-19(11-5-16)22(20-12-6-17(2)7-13-20)21-14-8-18(3)9-15-21;1-10(11-2-6-13(15)7-3-11)12-4-8-14(16)9-5-12/h4-15H,1-3H3;2-10,15-16H,1H3. The van der Waals surface area contributed by atoms with Crippen LogP contribution in [0.1, 0.15) is 40.7 Å². The van der Waals surface area contributed by atoms with E-state index in [0.717, 1.165) is 11.1 Å². The van der Waals surface area contributed by atoms with Crippen LogP contribution >= 0.6 is 7.92 Å². The molecule has 3 heteroatoms. The highest BCUT2D eigenvalue weighted by molar-refractivity contribution is 7.79. The summed E-state index contributed by atoms with van der Waals surface area (Å²) in [7, 11) is -0.483. The van der Waals surface area contributed by atoms with Crippen LogP contribution in [0.15, 0.2) is 121 Å². The van der Waals surface area contributed by atoms with Gasteiger partial charge in [-0.1, -0.05) is 121 Å². The highest BCUT2D eigenvalue weighted by Gasteiger charge is 2.16. The minimum absolute atomic E-state index is 0.251. The van der Waals surface area contributed by atoms with E-state index in [1.165, 1.54) is 32.6 Å². The van der Waals surface area contributed by atoms with Gasteiger partial charge >= 0.3 is 0 Å². The summed E-state index contributed by atoms with van der Waals surface area (Å²) in [6.45, 7) is 8.52. The van der Waals surface area contributed by atoms with Gasteiger partial charge in [0.25, 0.3) is 0 Å². The normalized spacial score (nSPS) is 10.8. The van der Waals surface area contributed by atoms with Crippen LogP contribution < -0.4 is 15.9 Å². The molecule has 0 saturated carbocycles. The molecule has 5 aromatic carbocycles. The summed E-state index contributed by atoms with van der Waals surface area (Å²) in [6, 6.07) is 41.3. The first kappa shape index (κ1) is 27.2. The zero-order valence-electron chi connectivity index (χ0n) is 22.5. The van der Waals surface area contributed by atoms with E-state index in [1.807, 2.05) is 24.3 Å². The molecule has 0 amide bonds. The fraction of sp³-hybridized carbons (Fsp3) is 0.143. The Morgan fingerprint density at radius 2 is 0.684 bits per heavy atom. The number of phenolic OH excluding ortho intramolecular Hbond substituents is 2. The van der Waals surface area contributed by atoms with Crippen molar-refractivity contribution < 1.29 is 10.2 Å². The topological polar surface area (TPSA) is 40.5 Å². The zero-order valence-corrected chi connectivity index (χ0v) is 23.4. The van der Waals surface area contributed by atoms with E-state index in [-0.39, 0.29) is 17.4 Å². The minimum Gasteiger partial charge on any atom is -0.508 e. The maximum Gasteiger partial charge on any atom is 0.115 e. The van der Waals surface area contributed by atoms with Gasteiger partial charge < -0.3 is 10.2 Å². The lowest BCUT2D eigenvalue weighted by Crippen LogP contribution is -2.20. The van der Waals surface area contributed by atoms with E-state index in [9.17, 15) is 10.2 Å². The van der Waals surface area contributed by atoms with Crippen molar-refractivity contribution in [2.24, 2.45) is 0 Å². The molecule has 0 fully saturated rings. The fourth-order valence-electron chi connectivity index (χ4n) is 4.25. The second kappa shape index (κ2) is 12.6. The van der Waals surface area contributed by atoms with E-state index < -0.39 is 7.92 Å². The third kappa shape index (κ3) is 7.12. The number of benzene rings is 5. The van der Waals surface area contributed by atoms with Crippen LogP contribution in [0, 0.1) is 20.8 Å². The monoisotopic (exact) mass is 518 g/mol. The SMILES string of the molecule is CC(c1ccc(O)cc1)c1ccc(O)cc1.Cc1ccc(P(c2ccc(C)cc2)c2ccc(C)cc2)cc1. The molecule has 0 aliphatic rings. The molecule has 192 valence electrons. The van der Waals surface area contributed by atoms with Gasteiger partial charge in [0.05, 0.1) is 0 Å². The molecule has 0 unspecified atom stereocenters. The first-order chi connectivity index (χ1) is 18.3. The van der Waals surface area contributed by atoms with Crippen molar-refractivity contribution in [2.75, 3.05) is 0 Å². The Kier molecular flexibility index (Phi) is 9.00. The first-order valence-electron chi connectivity index (χ1n) is 12.9. The number of hydrogen-bond acceptors (Lipinski definition) is 2. The van der Waals surface area contributed by atoms with Gasteiger partial charge in [0.1, 0.15) is 11.5 Å². The van der Waals surface area contributed by atoms with E-state index in [1.54, 1.807) is 24.3 Å². The molecule has 2 N–H and O–H groups in total. The maximum absolute atomic E-state index is 9.21. The molecule has 5 aromatic rings. The zero-order chi connectivity index (χ0) is 27.1. The summed E-state index contributed by atoms with van der Waals surface area (Å²) in [6.07, 6.45) is 0. The Hall–Kier alpha value is -3.87. The Labute approximate surface area is 228 Å². The lowest BCUT2D eigenvalue weighted by molar-refractivity contribution is 0.475. The molecule has 2 nitrogen and oxygen atoms in total. The summed E-state index contributed by atoms with van der Waals surface area (Å²) >= 11 is 0. The van der Waals surface area contributed by atoms with Crippen LogP contribution in [-0.2, 0) is 0 Å². The van der Waals surface area contributed by atoms with Crippen molar-refractivity contribution in [3.63, 3.8) is 0 Å². The van der Waals surface area contributed by atoms with Gasteiger partial charge in [-0.2, -0.15) is 0 Å². The molecule has 0 heterocycles. The lowest BCUT2D eigenvalue weighted by atomic mass is 9.93. The molecule has 38 heavy (non-hydrogen) atoms. The van der Waals surface area contributed by atoms with E-state index in [2.05, 4.69) is 100 Å². The Bertz CT molecular complexity index is 1270. The molecule has 0 aliphatic heterocycles. The van der Waals surface area contributed by atoms with E-state index in [4.69, 9.17) is 0 Å². The molecular formula is C35H35O2P. The van der Waals surface area contributed by atoms with Crippen molar-refractivity contribution in [1.29, 1.82) is 0 Å². The average molecular weight is 519 g/mol. The van der Waals surface area contributed by atoms with E-state index in [0.29, 0.717) is 0 Å². The highest BCUT2D eigenvalue weighted by atomic mass is 31.1. The van der Waals surface area contributed by atoms with Gasteiger partial charge in [-0.15, -0.1) is 0 Å². The third-order valence-corrected chi connectivity index (χ3v) is 9.11. The Balaban J connectivity index is 0.000000186. The predicted molar refractivity (Wildman–Crippen MR) is 163 cm³/mol. The average Bonchev–Trinajstić information content (AvgIpc) is 2.93. The van der Waals surface area contributed by atoms with Crippen LogP contribution in [0.2, 0.25) is 0 Å². The Morgan fingerprint density at radius 3 is 0.947 bits per heavy atom. The molecule has 5 rings (SSSR count). The maximum atomic E-state index is 9.21. The summed E-state index contributed by atoms with van der Waals surface area (Å²) in [4.78, 5) is 0. The van der Waals surface area contributed by atoms with Crippen molar-refractivity contribution >= 4 is 23.8 Å². The summed E-state index contributed by atoms with van der Waals surface area (Å²) in [5, 5.41) is 22.7. The van der Waals surface area contributed by atoms with Gasteiger partial charge in [-0.25, -0.2) is 0 Å². The van der Waals surface area contributed by atoms with E-state index >= 15 is 0 Å². The smallest absolute Gasteiger partial charge is 0.115 e. The number of hydrogen-bond donors (Lipinski definition) is 2. The van der Waals surface area contributed by atoms with Crippen molar-refractivity contribution in [3.05, 3.63) is 149 Å². The molecule has 0 spiro atoms. The minimum atomic E-state index is -0.483. The number of aromatic hydroxyl groups is 2. The quantitative estimate of drug-likeness (QED) is 0.235. The highest BCUT2D eigenvalue weighted by Crippen LogP contribution is 2.33. The van der Waals surface area contributed by atoms with Gasteiger partial charge in [0.15, 0.2) is 0 Å². The summed E-state index contributed by atoms with van der Waals surface area (Å²) in [5.74, 6) is 0.810. The molecule has 0 bridgehead atoms. The van der Waals surface area contributed by atoms with Gasteiger partial charge in [-0.05, 0) is 80.0 Å². The second-order valence-corrected chi connectivity index (χ2v) is 12.0. The second-order valence-electron chi connectivity index (χ2n) is 9.75. The van der Waals surface area contributed by atoms with Crippen LogP contribution in [0.25, 0.3) is 0 Å². The molecule has 0 radical (unpaired) electrons. The van der Waals surface area contributed by atoms with Gasteiger partial charge in [-0.3, -0.25) is 0 Å². The van der Waals surface area contributed by atoms with Crippen molar-refractivity contribution in [3.8, 4) is 11.5 Å². The summed E-state index contributed by atoms with van der Waals surface area (Å²) < 4.78 is 0. The van der Waals surface area contributed by atoms with Gasteiger partial charge in [0, 0.05) is 5.92 Å². The predicted octanol–water partition coefficient (Wildman–Crippen LogP) is 7.62. The molecule has 0 aromatic heterocycles. The Morgan fingerprint density at radius 1 is 0.421 bits per heavy atom. The summed E-state index contributed by atoms with van der Waals surface area (Å²) in [5.41, 5.74) is 6.22. The largest absolute Gasteiger partial charge is 0.508 e. The van der Waals surface area contributed by atoms with Crippen LogP contribution in [-0.4, -0.2) is 10.2 Å². The fourth-order valence-corrected chi connectivity index (χ4v) is 6.48. The molecule has 0 atom stereocenters. The first-order valence-corrected chi connectivity index (χ1v) is 14.2. The lowest BCUT2D eigenvalue weighted by Gasteiger charge is -2.20. The third-order valence-electron chi connectivity index (χ3n) is 6.66. The molecule has 0 aliphatic carbocycles. The number of rotatable bonds is 5. The van der Waals surface area contributed by atoms with Crippen molar-refractivity contribution in [1.82, 2.24) is 0 Å². The van der Waals surface area contributed by atoms with Crippen LogP contribution in [0.3, 0.4) is 0 Å². The molecular weight excluding hydrogens is 483 g/mol. The molecule has 0 saturated heterocycles. The van der Waals surface area contributed by atoms with Crippen molar-refractivity contribution in [2.45, 2.75) is 33.6 Å². The van der Waals surface area contributed by atoms with Gasteiger partial charge in [0.2, 0.25) is 0 Å². The van der Waals surface area contributed by atoms with Crippen LogP contribution in [0.4, 0.5) is 0 Å². The van der Waals surface area contributed by atoms with Crippen LogP contribution in [0.5, 0.6) is 11.5 Å².